The summed E-state index contributed by atoms with van der Waals surface area (Å²) in [4.78, 5) is 18.8. The van der Waals surface area contributed by atoms with Crippen molar-refractivity contribution in [3.63, 3.8) is 0 Å². The Morgan fingerprint density at radius 1 is 1.36 bits per heavy atom. The average molecular weight is 345 g/mol. The first-order valence-corrected chi connectivity index (χ1v) is 7.10. The lowest BCUT2D eigenvalue weighted by Gasteiger charge is -2.31. The van der Waals surface area contributed by atoms with Gasteiger partial charge in [-0.05, 0) is 31.9 Å². The van der Waals surface area contributed by atoms with Gasteiger partial charge in [0, 0.05) is 19.1 Å². The van der Waals surface area contributed by atoms with Crippen molar-refractivity contribution in [1.82, 2.24) is 14.5 Å². The van der Waals surface area contributed by atoms with E-state index in [9.17, 15) is 4.79 Å². The number of nitrogens with zero attached hydrogens (tertiary/aromatic N) is 3. The number of carbonyl (C=O) groups is 1. The number of carbonyl (C=O) groups excluding carboxylic acids is 1. The van der Waals surface area contributed by atoms with Gasteiger partial charge < -0.3 is 15.2 Å². The lowest BCUT2D eigenvalue weighted by Crippen LogP contribution is -2.46. The van der Waals surface area contributed by atoms with Gasteiger partial charge in [0.1, 0.15) is 12.4 Å². The quantitative estimate of drug-likeness (QED) is 0.907. The van der Waals surface area contributed by atoms with Gasteiger partial charge in [0.05, 0.1) is 11.0 Å². The van der Waals surface area contributed by atoms with Crippen LogP contribution in [0.1, 0.15) is 18.7 Å². The molecule has 1 saturated heterocycles. The summed E-state index contributed by atoms with van der Waals surface area (Å²) in [5.74, 6) is 1.01. The fraction of sp³-hybridized carbons (Fsp3) is 0.467. The van der Waals surface area contributed by atoms with Crippen molar-refractivity contribution in [1.29, 1.82) is 0 Å². The van der Waals surface area contributed by atoms with Crippen LogP contribution in [0.3, 0.4) is 0 Å². The lowest BCUT2D eigenvalue weighted by atomic mass is 10.1. The molecule has 0 saturated carbocycles. The minimum Gasteiger partial charge on any atom is -0.340 e. The molecule has 0 spiro atoms. The van der Waals surface area contributed by atoms with Gasteiger partial charge in [-0.3, -0.25) is 4.79 Å². The van der Waals surface area contributed by atoms with Crippen LogP contribution < -0.4 is 5.73 Å². The molecule has 0 bridgehead atoms. The van der Waals surface area contributed by atoms with Gasteiger partial charge in [-0.15, -0.1) is 24.8 Å². The summed E-state index contributed by atoms with van der Waals surface area (Å²) in [5, 5.41) is 0. The number of hydrogen-bond acceptors (Lipinski definition) is 3. The van der Waals surface area contributed by atoms with Crippen molar-refractivity contribution >= 4 is 41.8 Å². The maximum absolute atomic E-state index is 12.4. The Kier molecular flexibility index (Phi) is 6.66. The Morgan fingerprint density at radius 2 is 2.09 bits per heavy atom. The third kappa shape index (κ3) is 3.72. The summed E-state index contributed by atoms with van der Waals surface area (Å²) in [6.45, 7) is 3.77. The highest BCUT2D eigenvalue weighted by atomic mass is 35.5. The standard InChI is InChI=1S/C15H20N4O.2ClH/c1-11-17-13-6-2-3-7-14(13)19(11)10-15(20)18-8-4-5-12(16)9-18;;/h2-3,6-7,12H,4-5,8-10,16H2,1H3;2*1H. The Hall–Kier alpha value is -1.30. The van der Waals surface area contributed by atoms with Crippen molar-refractivity contribution in [3.05, 3.63) is 30.1 Å². The van der Waals surface area contributed by atoms with E-state index in [2.05, 4.69) is 4.98 Å². The smallest absolute Gasteiger partial charge is 0.242 e. The number of fused-ring (bicyclic) bond motifs is 1. The van der Waals surface area contributed by atoms with Gasteiger partial charge in [0.15, 0.2) is 0 Å². The summed E-state index contributed by atoms with van der Waals surface area (Å²) in [7, 11) is 0. The summed E-state index contributed by atoms with van der Waals surface area (Å²) in [5.41, 5.74) is 7.90. The molecule has 2 heterocycles. The molecule has 2 N–H and O–H groups in total. The first-order valence-electron chi connectivity index (χ1n) is 7.10. The number of rotatable bonds is 2. The van der Waals surface area contributed by atoms with E-state index in [0.717, 1.165) is 36.2 Å². The zero-order chi connectivity index (χ0) is 14.1. The number of halogens is 2. The number of aryl methyl sites for hydroxylation is 1. The zero-order valence-corrected chi connectivity index (χ0v) is 14.2. The van der Waals surface area contributed by atoms with Crippen LogP contribution in [0.2, 0.25) is 0 Å². The van der Waals surface area contributed by atoms with E-state index in [4.69, 9.17) is 5.73 Å². The molecule has 1 aromatic carbocycles. The Labute approximate surface area is 142 Å². The molecule has 0 radical (unpaired) electrons. The first kappa shape index (κ1) is 18.7. The third-order valence-corrected chi connectivity index (χ3v) is 3.95. The summed E-state index contributed by atoms with van der Waals surface area (Å²) < 4.78 is 1.98. The SMILES string of the molecule is Cc1nc2ccccc2n1CC(=O)N1CCCC(N)C1.Cl.Cl. The summed E-state index contributed by atoms with van der Waals surface area (Å²) in [6.07, 6.45) is 2.01. The second kappa shape index (κ2) is 7.81. The van der Waals surface area contributed by atoms with Crippen molar-refractivity contribution in [3.8, 4) is 0 Å². The van der Waals surface area contributed by atoms with Crippen molar-refractivity contribution in [2.45, 2.75) is 32.4 Å². The predicted octanol–water partition coefficient (Wildman–Crippen LogP) is 2.14. The number of para-hydroxylation sites is 2. The van der Waals surface area contributed by atoms with Gasteiger partial charge in [-0.1, -0.05) is 12.1 Å². The summed E-state index contributed by atoms with van der Waals surface area (Å²) in [6, 6.07) is 8.03. The minimum atomic E-state index is 0. The minimum absolute atomic E-state index is 0. The molecule has 122 valence electrons. The van der Waals surface area contributed by atoms with Gasteiger partial charge in [0.25, 0.3) is 0 Å². The number of nitrogens with two attached hydrogens (primary N) is 1. The first-order chi connectivity index (χ1) is 9.65. The summed E-state index contributed by atoms with van der Waals surface area (Å²) >= 11 is 0. The fourth-order valence-corrected chi connectivity index (χ4v) is 2.87. The van der Waals surface area contributed by atoms with Gasteiger partial charge in [-0.2, -0.15) is 0 Å². The monoisotopic (exact) mass is 344 g/mol. The molecule has 22 heavy (non-hydrogen) atoms. The molecule has 1 aromatic heterocycles. The van der Waals surface area contributed by atoms with E-state index >= 15 is 0 Å². The molecule has 1 atom stereocenters. The zero-order valence-electron chi connectivity index (χ0n) is 12.6. The Bertz CT molecular complexity index is 644. The van der Waals surface area contributed by atoms with Crippen LogP contribution in [-0.2, 0) is 11.3 Å². The van der Waals surface area contributed by atoms with E-state index in [1.54, 1.807) is 0 Å². The molecule has 2 aromatic rings. The van der Waals surface area contributed by atoms with Crippen LogP contribution >= 0.6 is 24.8 Å². The fourth-order valence-electron chi connectivity index (χ4n) is 2.87. The maximum atomic E-state index is 12.4. The predicted molar refractivity (Wildman–Crippen MR) is 92.8 cm³/mol. The highest BCUT2D eigenvalue weighted by molar-refractivity contribution is 5.85. The molecule has 1 aliphatic rings. The molecular weight excluding hydrogens is 323 g/mol. The molecule has 1 fully saturated rings. The average Bonchev–Trinajstić information content (AvgIpc) is 2.75. The van der Waals surface area contributed by atoms with E-state index in [0.29, 0.717) is 13.1 Å². The van der Waals surface area contributed by atoms with E-state index in [1.807, 2.05) is 40.7 Å². The largest absolute Gasteiger partial charge is 0.340 e. The molecule has 3 rings (SSSR count). The molecule has 7 heteroatoms. The van der Waals surface area contributed by atoms with Crippen LogP contribution in [0.15, 0.2) is 24.3 Å². The number of imidazole rings is 1. The highest BCUT2D eigenvalue weighted by Crippen LogP contribution is 2.16. The van der Waals surface area contributed by atoms with Crippen molar-refractivity contribution < 1.29 is 4.79 Å². The molecule has 1 aliphatic heterocycles. The molecule has 0 aliphatic carbocycles. The lowest BCUT2D eigenvalue weighted by molar-refractivity contribution is -0.133. The number of piperidine rings is 1. The molecule has 1 amide bonds. The number of hydrogen-bond donors (Lipinski definition) is 1. The second-order valence-electron chi connectivity index (χ2n) is 5.48. The van der Waals surface area contributed by atoms with Gasteiger partial charge in [-0.25, -0.2) is 4.98 Å². The van der Waals surface area contributed by atoms with Crippen molar-refractivity contribution in [2.24, 2.45) is 5.73 Å². The Balaban J connectivity index is 0.00000121. The molecule has 5 nitrogen and oxygen atoms in total. The topological polar surface area (TPSA) is 64.2 Å². The van der Waals surface area contributed by atoms with E-state index < -0.39 is 0 Å². The normalized spacial score (nSPS) is 17.7. The number of likely N-dealkylation sites (tertiary alicyclic amines) is 1. The number of benzene rings is 1. The number of amides is 1. The highest BCUT2D eigenvalue weighted by Gasteiger charge is 2.22. The molecular formula is C15H22Cl2N4O. The molecule has 1 unspecified atom stereocenters. The second-order valence-corrected chi connectivity index (χ2v) is 5.48. The van der Waals surface area contributed by atoms with Crippen molar-refractivity contribution in [2.75, 3.05) is 13.1 Å². The van der Waals surface area contributed by atoms with Crippen LogP contribution in [0.25, 0.3) is 11.0 Å². The number of aromatic nitrogens is 2. The third-order valence-electron chi connectivity index (χ3n) is 3.95. The van der Waals surface area contributed by atoms with Crippen LogP contribution in [-0.4, -0.2) is 39.5 Å². The van der Waals surface area contributed by atoms with E-state index in [1.165, 1.54) is 0 Å². The maximum Gasteiger partial charge on any atom is 0.242 e. The van der Waals surface area contributed by atoms with Crippen LogP contribution in [0.5, 0.6) is 0 Å². The van der Waals surface area contributed by atoms with Crippen LogP contribution in [0.4, 0.5) is 0 Å². The van der Waals surface area contributed by atoms with Gasteiger partial charge in [0.2, 0.25) is 5.91 Å². The van der Waals surface area contributed by atoms with Gasteiger partial charge >= 0.3 is 0 Å². The Morgan fingerprint density at radius 3 is 2.82 bits per heavy atom. The van der Waals surface area contributed by atoms with E-state index in [-0.39, 0.29) is 36.8 Å². The van der Waals surface area contributed by atoms with Crippen LogP contribution in [0, 0.1) is 6.92 Å².